The Morgan fingerprint density at radius 3 is 2.89 bits per heavy atom. The van der Waals surface area contributed by atoms with Crippen LogP contribution in [0.15, 0.2) is 35.4 Å². The van der Waals surface area contributed by atoms with Crippen LogP contribution in [0, 0.1) is 0 Å². The molecule has 18 heavy (non-hydrogen) atoms. The molecule has 0 saturated carbocycles. The van der Waals surface area contributed by atoms with Crippen LogP contribution in [0.2, 0.25) is 0 Å². The van der Waals surface area contributed by atoms with Crippen molar-refractivity contribution in [1.29, 1.82) is 0 Å². The first-order chi connectivity index (χ1) is 8.65. The maximum absolute atomic E-state index is 11.5. The van der Waals surface area contributed by atoms with E-state index in [1.54, 1.807) is 0 Å². The fourth-order valence-corrected chi connectivity index (χ4v) is 1.66. The van der Waals surface area contributed by atoms with Gasteiger partial charge in [-0.15, -0.1) is 0 Å². The molecule has 1 aromatic rings. The van der Waals surface area contributed by atoms with Crippen LogP contribution in [0.3, 0.4) is 0 Å². The van der Waals surface area contributed by atoms with Gasteiger partial charge in [0.15, 0.2) is 5.11 Å². The fraction of sp³-hybridized carbons (Fsp3) is 0.182. The topological polar surface area (TPSA) is 68.8 Å². The third-order valence-electron chi connectivity index (χ3n) is 2.24. The highest BCUT2D eigenvalue weighted by Gasteiger charge is 2.19. The predicted octanol–water partition coefficient (Wildman–Crippen LogP) is 1.29. The minimum absolute atomic E-state index is 0.335. The van der Waals surface area contributed by atoms with E-state index in [1.165, 1.54) is 5.01 Å². The number of rotatable bonds is 2. The summed E-state index contributed by atoms with van der Waals surface area (Å²) >= 11 is 5.12. The zero-order chi connectivity index (χ0) is 13.0. The third kappa shape index (κ3) is 3.17. The third-order valence-corrected chi connectivity index (χ3v) is 2.44. The first-order valence-electron chi connectivity index (χ1n) is 5.38. The van der Waals surface area contributed by atoms with Gasteiger partial charge in [-0.1, -0.05) is 18.2 Å². The van der Waals surface area contributed by atoms with Crippen molar-refractivity contribution in [1.82, 2.24) is 15.9 Å². The molecule has 0 fully saturated rings. The summed E-state index contributed by atoms with van der Waals surface area (Å²) in [7, 11) is 0. The van der Waals surface area contributed by atoms with Gasteiger partial charge < -0.3 is 5.32 Å². The van der Waals surface area contributed by atoms with Gasteiger partial charge in [0.2, 0.25) is 0 Å². The highest BCUT2D eigenvalue weighted by molar-refractivity contribution is 7.80. The second-order valence-electron chi connectivity index (χ2n) is 3.78. The van der Waals surface area contributed by atoms with E-state index >= 15 is 0 Å². The van der Waals surface area contributed by atoms with Crippen molar-refractivity contribution in [2.45, 2.75) is 6.92 Å². The molecule has 2 amide bonds. The molecule has 0 bridgehead atoms. The van der Waals surface area contributed by atoms with E-state index in [4.69, 9.17) is 12.2 Å². The maximum atomic E-state index is 11.5. The van der Waals surface area contributed by atoms with Crippen LogP contribution in [0.4, 0.5) is 10.5 Å². The van der Waals surface area contributed by atoms with Crippen LogP contribution in [0.5, 0.6) is 0 Å². The zero-order valence-electron chi connectivity index (χ0n) is 9.80. The minimum atomic E-state index is -0.335. The summed E-state index contributed by atoms with van der Waals surface area (Å²) < 4.78 is 0. The maximum Gasteiger partial charge on any atom is 0.356 e. The average Bonchev–Trinajstić information content (AvgIpc) is 2.35. The number of nitrogens with one attached hydrogen (secondary N) is 3. The van der Waals surface area contributed by atoms with Gasteiger partial charge in [0, 0.05) is 5.69 Å². The van der Waals surface area contributed by atoms with Crippen molar-refractivity contribution in [3.05, 3.63) is 30.3 Å². The van der Waals surface area contributed by atoms with E-state index in [0.717, 1.165) is 11.4 Å². The second kappa shape index (κ2) is 5.46. The lowest BCUT2D eigenvalue weighted by molar-refractivity contribution is 0.192. The number of para-hydroxylation sites is 1. The molecule has 7 heteroatoms. The summed E-state index contributed by atoms with van der Waals surface area (Å²) in [5, 5.41) is 8.52. The molecular formula is C11H13N5OS. The molecule has 0 atom stereocenters. The number of amides is 2. The Morgan fingerprint density at radius 2 is 2.17 bits per heavy atom. The summed E-state index contributed by atoms with van der Waals surface area (Å²) in [6.45, 7) is 2.21. The number of hydrazine groups is 1. The van der Waals surface area contributed by atoms with Crippen molar-refractivity contribution in [2.75, 3.05) is 11.9 Å². The minimum Gasteiger partial charge on any atom is -0.331 e. The summed E-state index contributed by atoms with van der Waals surface area (Å²) in [6.07, 6.45) is 0. The van der Waals surface area contributed by atoms with Gasteiger partial charge in [0.1, 0.15) is 0 Å². The van der Waals surface area contributed by atoms with Crippen LogP contribution >= 0.6 is 12.2 Å². The highest BCUT2D eigenvalue weighted by Crippen LogP contribution is 2.04. The van der Waals surface area contributed by atoms with Gasteiger partial charge in [0.25, 0.3) is 0 Å². The SMILES string of the molecule is CC1=NNC(=O)N(NC(=S)Nc2ccccc2)C1. The molecule has 94 valence electrons. The van der Waals surface area contributed by atoms with E-state index in [2.05, 4.69) is 21.3 Å². The molecule has 1 aliphatic heterocycles. The Labute approximate surface area is 110 Å². The number of carbonyl (C=O) groups excluding carboxylic acids is 1. The molecule has 1 heterocycles. The molecule has 1 aromatic carbocycles. The number of hydrazone groups is 1. The van der Waals surface area contributed by atoms with Crippen molar-refractivity contribution in [2.24, 2.45) is 5.10 Å². The fourth-order valence-electron chi connectivity index (χ4n) is 1.43. The summed E-state index contributed by atoms with van der Waals surface area (Å²) in [5.74, 6) is 0. The van der Waals surface area contributed by atoms with E-state index in [9.17, 15) is 4.79 Å². The van der Waals surface area contributed by atoms with Crippen LogP contribution in [0.1, 0.15) is 6.92 Å². The molecule has 0 aliphatic carbocycles. The number of anilines is 1. The highest BCUT2D eigenvalue weighted by atomic mass is 32.1. The molecule has 0 aromatic heterocycles. The molecule has 3 N–H and O–H groups in total. The summed E-state index contributed by atoms with van der Waals surface area (Å²) in [4.78, 5) is 11.5. The lowest BCUT2D eigenvalue weighted by Gasteiger charge is -2.26. The summed E-state index contributed by atoms with van der Waals surface area (Å²) in [5.41, 5.74) is 6.84. The Kier molecular flexibility index (Phi) is 3.73. The van der Waals surface area contributed by atoms with Gasteiger partial charge in [-0.2, -0.15) is 5.10 Å². The Hall–Kier alpha value is -2.15. The van der Waals surface area contributed by atoms with Gasteiger partial charge in [0.05, 0.1) is 12.3 Å². The molecule has 0 radical (unpaired) electrons. The normalized spacial score (nSPS) is 14.6. The van der Waals surface area contributed by atoms with Crippen molar-refractivity contribution in [3.8, 4) is 0 Å². The molecule has 6 nitrogen and oxygen atoms in total. The number of hydrogen-bond acceptors (Lipinski definition) is 3. The van der Waals surface area contributed by atoms with Gasteiger partial charge in [-0.3, -0.25) is 5.43 Å². The first-order valence-corrected chi connectivity index (χ1v) is 5.79. The number of nitrogens with zero attached hydrogens (tertiary/aromatic N) is 2. The van der Waals surface area contributed by atoms with E-state index in [1.807, 2.05) is 37.3 Å². The van der Waals surface area contributed by atoms with Crippen LogP contribution in [-0.4, -0.2) is 28.4 Å². The number of urea groups is 1. The van der Waals surface area contributed by atoms with Crippen LogP contribution in [-0.2, 0) is 0 Å². The molecule has 2 rings (SSSR count). The zero-order valence-corrected chi connectivity index (χ0v) is 10.6. The number of carbonyl (C=O) groups is 1. The van der Waals surface area contributed by atoms with Crippen molar-refractivity contribution in [3.63, 3.8) is 0 Å². The van der Waals surface area contributed by atoms with Gasteiger partial charge >= 0.3 is 6.03 Å². The van der Waals surface area contributed by atoms with Crippen LogP contribution < -0.4 is 16.2 Å². The Balaban J connectivity index is 1.92. The molecule has 0 unspecified atom stereocenters. The summed E-state index contributed by atoms with van der Waals surface area (Å²) in [6, 6.07) is 9.15. The Bertz CT molecular complexity index is 487. The largest absolute Gasteiger partial charge is 0.356 e. The second-order valence-corrected chi connectivity index (χ2v) is 4.19. The molecular weight excluding hydrogens is 250 g/mol. The lowest BCUT2D eigenvalue weighted by atomic mass is 10.3. The van der Waals surface area contributed by atoms with Gasteiger partial charge in [-0.25, -0.2) is 15.2 Å². The lowest BCUT2D eigenvalue weighted by Crippen LogP contribution is -2.55. The number of hydrogen-bond donors (Lipinski definition) is 3. The smallest absolute Gasteiger partial charge is 0.331 e. The van der Waals surface area contributed by atoms with E-state index in [0.29, 0.717) is 11.7 Å². The monoisotopic (exact) mass is 263 g/mol. The quantitative estimate of drug-likeness (QED) is 0.703. The molecule has 0 spiro atoms. The number of benzene rings is 1. The number of thiocarbonyl (C=S) groups is 1. The van der Waals surface area contributed by atoms with Gasteiger partial charge in [-0.05, 0) is 31.3 Å². The molecule has 0 saturated heterocycles. The van der Waals surface area contributed by atoms with E-state index in [-0.39, 0.29) is 6.03 Å². The average molecular weight is 263 g/mol. The Morgan fingerprint density at radius 1 is 1.44 bits per heavy atom. The molecule has 1 aliphatic rings. The predicted molar refractivity (Wildman–Crippen MR) is 74.1 cm³/mol. The van der Waals surface area contributed by atoms with E-state index < -0.39 is 0 Å². The first kappa shape index (κ1) is 12.3. The van der Waals surface area contributed by atoms with Crippen molar-refractivity contribution >= 4 is 34.8 Å². The standard InChI is InChI=1S/C11H13N5OS/c1-8-7-16(11(17)14-13-8)15-10(18)12-9-5-3-2-4-6-9/h2-6H,7H2,1H3,(H,14,17)(H2,12,15,18). The van der Waals surface area contributed by atoms with Crippen molar-refractivity contribution < 1.29 is 4.79 Å². The van der Waals surface area contributed by atoms with Crippen LogP contribution in [0.25, 0.3) is 0 Å².